The van der Waals surface area contributed by atoms with Crippen LogP contribution in [0, 0.1) is 11.8 Å². The highest BCUT2D eigenvalue weighted by atomic mass is 35.5. The van der Waals surface area contributed by atoms with Crippen LogP contribution >= 0.6 is 24.8 Å². The van der Waals surface area contributed by atoms with Crippen LogP contribution in [0.3, 0.4) is 0 Å². The molecule has 2 nitrogen and oxygen atoms in total. The van der Waals surface area contributed by atoms with Crippen LogP contribution in [0.4, 0.5) is 0 Å². The second kappa shape index (κ2) is 5.30. The van der Waals surface area contributed by atoms with Gasteiger partial charge in [0.1, 0.15) is 0 Å². The van der Waals surface area contributed by atoms with Crippen LogP contribution in [0.2, 0.25) is 0 Å². The molecule has 4 N–H and O–H groups in total. The largest absolute Gasteiger partial charge is 0.330 e. The van der Waals surface area contributed by atoms with Crippen molar-refractivity contribution in [2.24, 2.45) is 23.3 Å². The highest BCUT2D eigenvalue weighted by Gasteiger charge is 2.33. The van der Waals surface area contributed by atoms with Crippen molar-refractivity contribution in [3.8, 4) is 0 Å². The Hall–Kier alpha value is 0.500. The van der Waals surface area contributed by atoms with E-state index in [4.69, 9.17) is 11.5 Å². The Balaban J connectivity index is 0. The molecule has 1 rings (SSSR count). The molecule has 1 aliphatic rings. The molecule has 58 valence electrons. The van der Waals surface area contributed by atoms with Crippen LogP contribution in [0.25, 0.3) is 0 Å². The Morgan fingerprint density at radius 3 is 1.44 bits per heavy atom. The first-order chi connectivity index (χ1) is 3.38. The predicted molar refractivity (Wildman–Crippen MR) is 44.2 cm³/mol. The van der Waals surface area contributed by atoms with E-state index in [1.165, 1.54) is 6.42 Å². The minimum atomic E-state index is 0. The van der Waals surface area contributed by atoms with Crippen molar-refractivity contribution in [3.05, 3.63) is 0 Å². The number of nitrogens with two attached hydrogens (primary N) is 2. The van der Waals surface area contributed by atoms with Crippen LogP contribution in [-0.2, 0) is 0 Å². The van der Waals surface area contributed by atoms with E-state index in [0.29, 0.717) is 0 Å². The highest BCUT2D eigenvalue weighted by molar-refractivity contribution is 5.85. The molecule has 0 aromatic rings. The first kappa shape index (κ1) is 12.2. The Labute approximate surface area is 68.2 Å². The normalized spacial score (nSPS) is 30.0. The maximum absolute atomic E-state index is 5.34. The first-order valence-electron chi connectivity index (χ1n) is 2.78. The van der Waals surface area contributed by atoms with E-state index in [1.54, 1.807) is 0 Å². The third-order valence-corrected chi connectivity index (χ3v) is 1.67. The summed E-state index contributed by atoms with van der Waals surface area (Å²) in [6, 6.07) is 0. The molecule has 0 saturated heterocycles. The number of rotatable bonds is 2. The average molecular weight is 173 g/mol. The minimum Gasteiger partial charge on any atom is -0.330 e. The zero-order valence-corrected chi connectivity index (χ0v) is 6.88. The molecule has 0 aromatic carbocycles. The monoisotopic (exact) mass is 172 g/mol. The van der Waals surface area contributed by atoms with E-state index >= 15 is 0 Å². The minimum absolute atomic E-state index is 0. The molecule has 0 bridgehead atoms. The molecule has 0 aliphatic heterocycles. The molecule has 0 spiro atoms. The molecular formula is C5H14Cl2N2. The van der Waals surface area contributed by atoms with Gasteiger partial charge in [-0.15, -0.1) is 24.8 Å². The summed E-state index contributed by atoms with van der Waals surface area (Å²) in [5.74, 6) is 1.54. The zero-order valence-electron chi connectivity index (χ0n) is 5.25. The second-order valence-electron chi connectivity index (χ2n) is 2.23. The Morgan fingerprint density at radius 2 is 1.33 bits per heavy atom. The van der Waals surface area contributed by atoms with E-state index < -0.39 is 0 Å². The van der Waals surface area contributed by atoms with Crippen LogP contribution in [0.1, 0.15) is 6.42 Å². The molecule has 9 heavy (non-hydrogen) atoms. The molecule has 4 heteroatoms. The molecule has 0 heterocycles. The number of halogens is 2. The van der Waals surface area contributed by atoms with Crippen molar-refractivity contribution in [1.82, 2.24) is 0 Å². The van der Waals surface area contributed by atoms with Crippen molar-refractivity contribution in [3.63, 3.8) is 0 Å². The third-order valence-electron chi connectivity index (χ3n) is 1.67. The van der Waals surface area contributed by atoms with Gasteiger partial charge in [0, 0.05) is 0 Å². The Bertz CT molecular complexity index is 62.0. The topological polar surface area (TPSA) is 52.0 Å². The van der Waals surface area contributed by atoms with Crippen molar-refractivity contribution in [1.29, 1.82) is 0 Å². The van der Waals surface area contributed by atoms with Crippen LogP contribution in [0.5, 0.6) is 0 Å². The van der Waals surface area contributed by atoms with Crippen molar-refractivity contribution in [2.75, 3.05) is 13.1 Å². The summed E-state index contributed by atoms with van der Waals surface area (Å²) < 4.78 is 0. The fourth-order valence-corrected chi connectivity index (χ4v) is 0.888. The summed E-state index contributed by atoms with van der Waals surface area (Å²) in [6.07, 6.45) is 1.27. The van der Waals surface area contributed by atoms with E-state index in [9.17, 15) is 0 Å². The highest BCUT2D eigenvalue weighted by Crippen LogP contribution is 2.35. The van der Waals surface area contributed by atoms with Gasteiger partial charge >= 0.3 is 0 Å². The van der Waals surface area contributed by atoms with Gasteiger partial charge < -0.3 is 11.5 Å². The summed E-state index contributed by atoms with van der Waals surface area (Å²) in [6.45, 7) is 1.67. The lowest BCUT2D eigenvalue weighted by Crippen LogP contribution is -2.08. The fraction of sp³-hybridized carbons (Fsp3) is 1.00. The lowest BCUT2D eigenvalue weighted by atomic mass is 10.3. The molecule has 0 unspecified atom stereocenters. The Kier molecular flexibility index (Phi) is 7.18. The van der Waals surface area contributed by atoms with E-state index in [-0.39, 0.29) is 24.8 Å². The van der Waals surface area contributed by atoms with Gasteiger partial charge in [-0.05, 0) is 31.3 Å². The molecule has 1 saturated carbocycles. The number of hydrogen-bond donors (Lipinski definition) is 2. The van der Waals surface area contributed by atoms with Gasteiger partial charge in [0.15, 0.2) is 0 Å². The molecule has 0 aromatic heterocycles. The predicted octanol–water partition coefficient (Wildman–Crippen LogP) is 0.384. The van der Waals surface area contributed by atoms with Crippen LogP contribution in [-0.4, -0.2) is 13.1 Å². The summed E-state index contributed by atoms with van der Waals surface area (Å²) in [5, 5.41) is 0. The van der Waals surface area contributed by atoms with Gasteiger partial charge in [-0.1, -0.05) is 0 Å². The van der Waals surface area contributed by atoms with Gasteiger partial charge in [-0.2, -0.15) is 0 Å². The van der Waals surface area contributed by atoms with Crippen molar-refractivity contribution >= 4 is 24.8 Å². The third kappa shape index (κ3) is 3.26. The lowest BCUT2D eigenvalue weighted by Gasteiger charge is -1.86. The summed E-state index contributed by atoms with van der Waals surface area (Å²) in [7, 11) is 0. The second-order valence-corrected chi connectivity index (χ2v) is 2.23. The summed E-state index contributed by atoms with van der Waals surface area (Å²) in [5.41, 5.74) is 10.7. The van der Waals surface area contributed by atoms with Gasteiger partial charge in [0.2, 0.25) is 0 Å². The standard InChI is InChI=1S/C5H12N2.2ClH/c6-2-4-1-5(4)3-7;;/h4-5H,1-3,6-7H2;2*1H/t4-,5-;;/m0../s1. The van der Waals surface area contributed by atoms with E-state index in [0.717, 1.165) is 24.9 Å². The van der Waals surface area contributed by atoms with Gasteiger partial charge in [0.05, 0.1) is 0 Å². The SMILES string of the molecule is Cl.Cl.NC[C@@H]1C[C@H]1CN. The van der Waals surface area contributed by atoms with Crippen molar-refractivity contribution < 1.29 is 0 Å². The summed E-state index contributed by atoms with van der Waals surface area (Å²) >= 11 is 0. The maximum Gasteiger partial charge on any atom is -0.00456 e. The van der Waals surface area contributed by atoms with Gasteiger partial charge in [-0.3, -0.25) is 0 Å². The molecule has 1 fully saturated rings. The number of hydrogen-bond acceptors (Lipinski definition) is 2. The molecule has 0 amide bonds. The van der Waals surface area contributed by atoms with Crippen LogP contribution in [0.15, 0.2) is 0 Å². The summed E-state index contributed by atoms with van der Waals surface area (Å²) in [4.78, 5) is 0. The molecule has 1 aliphatic carbocycles. The Morgan fingerprint density at radius 1 is 1.00 bits per heavy atom. The van der Waals surface area contributed by atoms with Crippen LogP contribution < -0.4 is 11.5 Å². The quantitative estimate of drug-likeness (QED) is 0.634. The first-order valence-corrected chi connectivity index (χ1v) is 2.78. The molecular weight excluding hydrogens is 159 g/mol. The van der Waals surface area contributed by atoms with Gasteiger partial charge in [0.25, 0.3) is 0 Å². The molecule has 0 radical (unpaired) electrons. The van der Waals surface area contributed by atoms with Gasteiger partial charge in [-0.25, -0.2) is 0 Å². The average Bonchev–Trinajstić information content (AvgIpc) is 2.43. The van der Waals surface area contributed by atoms with E-state index in [2.05, 4.69) is 0 Å². The fourth-order valence-electron chi connectivity index (χ4n) is 0.888. The smallest absolute Gasteiger partial charge is 0.00456 e. The van der Waals surface area contributed by atoms with Crippen molar-refractivity contribution in [2.45, 2.75) is 6.42 Å². The van der Waals surface area contributed by atoms with E-state index in [1.807, 2.05) is 0 Å². The zero-order chi connectivity index (χ0) is 5.28. The lowest BCUT2D eigenvalue weighted by molar-refractivity contribution is 0.715. The molecule has 2 atom stereocenters. The maximum atomic E-state index is 5.34.